The molecule has 2 bridgehead atoms. The van der Waals surface area contributed by atoms with E-state index < -0.39 is 0 Å². The minimum Gasteiger partial charge on any atom is -0.397 e. The molecule has 380 valence electrons. The molecule has 7 fully saturated rings. The molecule has 4 aromatic carbocycles. The van der Waals surface area contributed by atoms with Gasteiger partial charge >= 0.3 is 0 Å². The number of fused-ring (bicyclic) bond motifs is 12. The van der Waals surface area contributed by atoms with Crippen LogP contribution in [0.1, 0.15) is 101 Å². The number of H-pyrrole nitrogens is 2. The Labute approximate surface area is 453 Å². The molecule has 18 rings (SSSR count). The normalized spacial score (nSPS) is 32.9. The maximum atomic E-state index is 9.18. The van der Waals surface area contributed by atoms with E-state index in [1.165, 1.54) is 35.4 Å². The van der Waals surface area contributed by atoms with Crippen molar-refractivity contribution in [1.82, 2.24) is 35.3 Å². The molecule has 9 aliphatic rings. The second-order valence-corrected chi connectivity index (χ2v) is 26.2. The van der Waals surface area contributed by atoms with E-state index in [1.54, 1.807) is 0 Å². The third kappa shape index (κ3) is 4.80. The van der Waals surface area contributed by atoms with Crippen LogP contribution < -0.4 is 5.73 Å². The number of pyridine rings is 3. The van der Waals surface area contributed by atoms with Gasteiger partial charge in [-0.25, -0.2) is 0 Å². The second kappa shape index (κ2) is 13.8. The summed E-state index contributed by atoms with van der Waals surface area (Å²) in [5.74, 6) is 3.88. The van der Waals surface area contributed by atoms with Crippen molar-refractivity contribution in [1.29, 1.82) is 5.41 Å². The first-order valence-electron chi connectivity index (χ1n) is 28.4. The van der Waals surface area contributed by atoms with Gasteiger partial charge in [-0.2, -0.15) is 10.2 Å². The lowest BCUT2D eigenvalue weighted by atomic mass is 9.70. The molecule has 7 saturated carbocycles. The lowest BCUT2D eigenvalue weighted by Crippen LogP contribution is -2.32. The highest BCUT2D eigenvalue weighted by Crippen LogP contribution is 3.14. The van der Waals surface area contributed by atoms with Gasteiger partial charge in [0.1, 0.15) is 0 Å². The van der Waals surface area contributed by atoms with E-state index in [0.717, 1.165) is 125 Å². The maximum Gasteiger partial charge on any atom is 0.0883 e. The minimum atomic E-state index is -0.0504. The number of aromatic amines is 2. The van der Waals surface area contributed by atoms with Gasteiger partial charge in [0.15, 0.2) is 0 Å². The molecular weight excluding hydrogens is 955 g/mol. The Kier molecular flexibility index (Phi) is 7.78. The summed E-state index contributed by atoms with van der Waals surface area (Å²) in [6.45, 7) is 14.3. The molecule has 78 heavy (non-hydrogen) atoms. The van der Waals surface area contributed by atoms with Crippen molar-refractivity contribution in [2.45, 2.75) is 83.5 Å². The largest absolute Gasteiger partial charge is 0.397 e. The standard InChI is InChI=1S/C69H59N9/c1-64(2)46-25-26-65(64,3)62-53(46)58(75-77-62)49-23-20-35(32-73-49)41-14-8-11-17-44(41)38-27-37(43-16-10-7-13-40(43)34-19-22-48(72-31-34)57(70)52-47-30-51-66(47,4)67(51,5)61(52)71)28-39(29-38)45-18-12-9-15-42(45)36-21-24-50(74-33-36)59-54-55-56-60-68(6,69(55,56)60)63(54)78-76-59/h7-24,27-29,31-33,46-47,51,55-56,60,71H,25-26,30,70H2,1-6H3,(H,75,77)(H,76,78)/b57-52-,71-61?. The molecule has 11 atom stereocenters. The first kappa shape index (κ1) is 44.0. The Morgan fingerprint density at radius 1 is 0.564 bits per heavy atom. The van der Waals surface area contributed by atoms with Crippen LogP contribution in [0.2, 0.25) is 0 Å². The number of nitrogens with two attached hydrogens (primary N) is 1. The fraction of sp³-hybridized carbons (Fsp3) is 0.304. The third-order valence-electron chi connectivity index (χ3n) is 23.8. The maximum absolute atomic E-state index is 9.18. The Morgan fingerprint density at radius 3 is 1.55 bits per heavy atom. The number of hydrogen-bond donors (Lipinski definition) is 4. The van der Waals surface area contributed by atoms with Crippen LogP contribution in [0.3, 0.4) is 0 Å². The van der Waals surface area contributed by atoms with Gasteiger partial charge in [0.2, 0.25) is 0 Å². The highest BCUT2D eigenvalue weighted by Gasteiger charge is 3.12. The molecule has 1 spiro atoms. The number of allylic oxidation sites excluding steroid dienone is 1. The molecule has 9 nitrogen and oxygen atoms in total. The molecule has 11 unspecified atom stereocenters. The summed E-state index contributed by atoms with van der Waals surface area (Å²) < 4.78 is 0. The highest BCUT2D eigenvalue weighted by molar-refractivity contribution is 6.15. The minimum absolute atomic E-state index is 0.0504. The van der Waals surface area contributed by atoms with E-state index >= 15 is 0 Å². The SMILES string of the molecule is CC12CCC(c3c1n[nH]c3-c1ccc(-c3ccccc3-c3cc(-c4ccccc4-c4ccc(/C(N)=C5/C(=N)C6(C)C7CC5C76C)nc4)cc(-c4ccccc4-c4ccc(-c5[nH]nc6c5C5C7C8C6(C)C578)nc4)c3)cn1)C2(C)C. The topological polar surface area (TPSA) is 146 Å². The van der Waals surface area contributed by atoms with Crippen LogP contribution in [-0.4, -0.2) is 41.1 Å². The summed E-state index contributed by atoms with van der Waals surface area (Å²) in [5.41, 5.74) is 33.8. The molecule has 0 saturated heterocycles. The molecular formula is C69H59N9. The quantitative estimate of drug-likeness (QED) is 0.113. The number of hydrogen-bond acceptors (Lipinski definition) is 7. The zero-order valence-corrected chi connectivity index (χ0v) is 44.8. The molecule has 9 aliphatic carbocycles. The van der Waals surface area contributed by atoms with Crippen molar-refractivity contribution in [3.8, 4) is 89.5 Å². The van der Waals surface area contributed by atoms with Gasteiger partial charge in [-0.3, -0.25) is 25.1 Å². The monoisotopic (exact) mass is 1010 g/mol. The van der Waals surface area contributed by atoms with E-state index in [-0.39, 0.29) is 21.7 Å². The van der Waals surface area contributed by atoms with Crippen LogP contribution >= 0.6 is 0 Å². The van der Waals surface area contributed by atoms with E-state index in [1.807, 2.05) is 18.6 Å². The molecule has 0 radical (unpaired) electrons. The number of nitrogens with one attached hydrogen (secondary N) is 3. The second-order valence-electron chi connectivity index (χ2n) is 26.2. The van der Waals surface area contributed by atoms with Crippen LogP contribution in [0.5, 0.6) is 0 Å². The van der Waals surface area contributed by atoms with Crippen LogP contribution in [0.4, 0.5) is 0 Å². The van der Waals surface area contributed by atoms with Crippen molar-refractivity contribution in [2.75, 3.05) is 0 Å². The van der Waals surface area contributed by atoms with Gasteiger partial charge in [-0.1, -0.05) is 133 Å². The van der Waals surface area contributed by atoms with Crippen molar-refractivity contribution in [3.05, 3.63) is 180 Å². The molecule has 9 aromatic rings. The number of benzene rings is 4. The number of aromatic nitrogens is 7. The van der Waals surface area contributed by atoms with Crippen molar-refractivity contribution in [2.24, 2.45) is 51.1 Å². The third-order valence-corrected chi connectivity index (χ3v) is 23.8. The number of rotatable bonds is 9. The van der Waals surface area contributed by atoms with Crippen LogP contribution in [-0.2, 0) is 10.8 Å². The predicted molar refractivity (Wildman–Crippen MR) is 307 cm³/mol. The Morgan fingerprint density at radius 2 is 1.06 bits per heavy atom. The summed E-state index contributed by atoms with van der Waals surface area (Å²) in [7, 11) is 0. The Hall–Kier alpha value is -8.04. The lowest BCUT2D eigenvalue weighted by Gasteiger charge is -2.34. The zero-order valence-electron chi connectivity index (χ0n) is 44.8. The average Bonchev–Trinajstić information content (AvgIpc) is 1.55. The summed E-state index contributed by atoms with van der Waals surface area (Å²) in [5, 5.41) is 25.9. The van der Waals surface area contributed by atoms with Gasteiger partial charge < -0.3 is 11.1 Å². The molecule has 0 amide bonds. The first-order chi connectivity index (χ1) is 37.8. The van der Waals surface area contributed by atoms with Crippen LogP contribution in [0, 0.1) is 50.7 Å². The first-order valence-corrected chi connectivity index (χ1v) is 28.4. The van der Waals surface area contributed by atoms with Gasteiger partial charge in [-0.05, 0) is 157 Å². The lowest BCUT2D eigenvalue weighted by molar-refractivity contribution is 0.225. The summed E-state index contributed by atoms with van der Waals surface area (Å²) in [6, 6.07) is 46.2. The number of nitrogens with zero attached hydrogens (tertiary/aromatic N) is 5. The molecule has 0 aliphatic heterocycles. The van der Waals surface area contributed by atoms with Gasteiger partial charge in [0.25, 0.3) is 0 Å². The van der Waals surface area contributed by atoms with Crippen LogP contribution in [0.15, 0.2) is 152 Å². The Balaban J connectivity index is 0.740. The van der Waals surface area contributed by atoms with Crippen molar-refractivity contribution >= 4 is 11.4 Å². The van der Waals surface area contributed by atoms with Gasteiger partial charge in [0, 0.05) is 73.9 Å². The average molecular weight is 1010 g/mol. The Bertz CT molecular complexity index is 4250. The van der Waals surface area contributed by atoms with Gasteiger partial charge in [-0.15, -0.1) is 0 Å². The highest BCUT2D eigenvalue weighted by atomic mass is 15.2. The van der Waals surface area contributed by atoms with E-state index in [2.05, 4.69) is 179 Å². The summed E-state index contributed by atoms with van der Waals surface area (Å²) in [4.78, 5) is 15.4. The fourth-order valence-corrected chi connectivity index (χ4v) is 18.8. The smallest absolute Gasteiger partial charge is 0.0883 e. The van der Waals surface area contributed by atoms with Gasteiger partial charge in [0.05, 0.1) is 45.6 Å². The van der Waals surface area contributed by atoms with Crippen LogP contribution in [0.25, 0.3) is 95.2 Å². The molecule has 5 aromatic heterocycles. The zero-order chi connectivity index (χ0) is 52.4. The molecule has 9 heteroatoms. The van der Waals surface area contributed by atoms with Crippen molar-refractivity contribution < 1.29 is 0 Å². The van der Waals surface area contributed by atoms with E-state index in [0.29, 0.717) is 40.2 Å². The predicted octanol–water partition coefficient (Wildman–Crippen LogP) is 14.8. The van der Waals surface area contributed by atoms with Crippen molar-refractivity contribution in [3.63, 3.8) is 0 Å². The summed E-state index contributed by atoms with van der Waals surface area (Å²) >= 11 is 0. The summed E-state index contributed by atoms with van der Waals surface area (Å²) in [6.07, 6.45) is 9.54. The molecule has 5 N–H and O–H groups in total. The van der Waals surface area contributed by atoms with E-state index in [9.17, 15) is 5.41 Å². The van der Waals surface area contributed by atoms with E-state index in [4.69, 9.17) is 30.9 Å². The molecule has 5 heterocycles. The fourth-order valence-electron chi connectivity index (χ4n) is 18.8.